The Hall–Kier alpha value is -1.30. The predicted molar refractivity (Wildman–Crippen MR) is 67.0 cm³/mol. The first-order valence-corrected chi connectivity index (χ1v) is 6.52. The Morgan fingerprint density at radius 1 is 1.35 bits per heavy atom. The van der Waals surface area contributed by atoms with Gasteiger partial charge in [0.1, 0.15) is 11.6 Å². The molecule has 1 saturated heterocycles. The van der Waals surface area contributed by atoms with E-state index in [1.165, 1.54) is 19.2 Å². The molecule has 6 heteroatoms. The zero-order chi connectivity index (χ0) is 14.8. The fourth-order valence-corrected chi connectivity index (χ4v) is 2.57. The summed E-state index contributed by atoms with van der Waals surface area (Å²) >= 11 is 0. The lowest BCUT2D eigenvalue weighted by molar-refractivity contribution is -0.187. The summed E-state index contributed by atoms with van der Waals surface area (Å²) in [5.41, 5.74) is 0.317. The van der Waals surface area contributed by atoms with Gasteiger partial charge in [0.05, 0.1) is 13.0 Å². The van der Waals surface area contributed by atoms with Crippen LogP contribution in [0.2, 0.25) is 0 Å². The standard InChI is InChI=1S/C14H17F4NO/c1-20-13-6-2-5-12(15)11(13)9-19-7-3-4-10(8-19)14(16,17)18/h2,5-6,10H,3-4,7-9H2,1H3. The van der Waals surface area contributed by atoms with Crippen LogP contribution >= 0.6 is 0 Å². The highest BCUT2D eigenvalue weighted by Gasteiger charge is 2.41. The summed E-state index contributed by atoms with van der Waals surface area (Å²) in [6, 6.07) is 4.43. The number of piperidine rings is 1. The molecule has 1 unspecified atom stereocenters. The molecule has 0 saturated carbocycles. The summed E-state index contributed by atoms with van der Waals surface area (Å²) in [5.74, 6) is -1.40. The predicted octanol–water partition coefficient (Wildman–Crippen LogP) is 3.61. The molecule has 0 bridgehead atoms. The lowest BCUT2D eigenvalue weighted by Gasteiger charge is -2.34. The van der Waals surface area contributed by atoms with Gasteiger partial charge in [-0.25, -0.2) is 4.39 Å². The van der Waals surface area contributed by atoms with E-state index >= 15 is 0 Å². The summed E-state index contributed by atoms with van der Waals surface area (Å²) in [4.78, 5) is 1.64. The Morgan fingerprint density at radius 2 is 2.10 bits per heavy atom. The molecule has 1 aromatic rings. The van der Waals surface area contributed by atoms with E-state index in [9.17, 15) is 17.6 Å². The van der Waals surface area contributed by atoms with Crippen LogP contribution < -0.4 is 4.74 Å². The van der Waals surface area contributed by atoms with Gasteiger partial charge in [0.25, 0.3) is 0 Å². The number of likely N-dealkylation sites (tertiary alicyclic amines) is 1. The van der Waals surface area contributed by atoms with E-state index in [4.69, 9.17) is 4.74 Å². The molecule has 1 fully saturated rings. The Labute approximate surface area is 115 Å². The Bertz CT molecular complexity index is 461. The molecule has 1 aliphatic rings. The Morgan fingerprint density at radius 3 is 2.75 bits per heavy atom. The summed E-state index contributed by atoms with van der Waals surface area (Å²) in [6.07, 6.45) is -3.56. The minimum absolute atomic E-state index is 0.0824. The molecule has 0 aliphatic carbocycles. The number of benzene rings is 1. The van der Waals surface area contributed by atoms with Crippen molar-refractivity contribution < 1.29 is 22.3 Å². The lowest BCUT2D eigenvalue weighted by Crippen LogP contribution is -2.41. The molecule has 1 atom stereocenters. The van der Waals surface area contributed by atoms with Crippen LogP contribution in [-0.4, -0.2) is 31.3 Å². The normalized spacial score (nSPS) is 20.9. The number of halogens is 4. The van der Waals surface area contributed by atoms with Gasteiger partial charge < -0.3 is 4.74 Å². The zero-order valence-electron chi connectivity index (χ0n) is 11.2. The van der Waals surface area contributed by atoms with Crippen LogP contribution in [0.1, 0.15) is 18.4 Å². The van der Waals surface area contributed by atoms with Crippen molar-refractivity contribution in [1.82, 2.24) is 4.90 Å². The molecular weight excluding hydrogens is 274 g/mol. The van der Waals surface area contributed by atoms with E-state index in [0.717, 1.165) is 0 Å². The van der Waals surface area contributed by atoms with Crippen molar-refractivity contribution in [2.24, 2.45) is 5.92 Å². The molecule has 0 radical (unpaired) electrons. The van der Waals surface area contributed by atoms with Gasteiger partial charge in [-0.2, -0.15) is 13.2 Å². The van der Waals surface area contributed by atoms with Gasteiger partial charge in [-0.15, -0.1) is 0 Å². The van der Waals surface area contributed by atoms with E-state index in [0.29, 0.717) is 24.3 Å². The number of methoxy groups -OCH3 is 1. The smallest absolute Gasteiger partial charge is 0.393 e. The van der Waals surface area contributed by atoms with Crippen molar-refractivity contribution >= 4 is 0 Å². The molecule has 2 nitrogen and oxygen atoms in total. The number of hydrogen-bond donors (Lipinski definition) is 0. The van der Waals surface area contributed by atoms with Gasteiger partial charge in [0, 0.05) is 18.7 Å². The first kappa shape index (κ1) is 15.1. The molecule has 0 aromatic heterocycles. The summed E-state index contributed by atoms with van der Waals surface area (Å²) in [5, 5.41) is 0. The van der Waals surface area contributed by atoms with E-state index in [1.54, 1.807) is 11.0 Å². The topological polar surface area (TPSA) is 12.5 Å². The second kappa shape index (κ2) is 5.99. The highest BCUT2D eigenvalue weighted by atomic mass is 19.4. The number of ether oxygens (including phenoxy) is 1. The van der Waals surface area contributed by atoms with Crippen LogP contribution in [0, 0.1) is 11.7 Å². The fourth-order valence-electron chi connectivity index (χ4n) is 2.57. The third-order valence-electron chi connectivity index (χ3n) is 3.65. The van der Waals surface area contributed by atoms with Gasteiger partial charge in [0.15, 0.2) is 0 Å². The SMILES string of the molecule is COc1cccc(F)c1CN1CCCC(C(F)(F)F)C1. The maximum Gasteiger partial charge on any atom is 0.393 e. The van der Waals surface area contributed by atoms with E-state index in [1.807, 2.05) is 0 Å². The Balaban J connectivity index is 2.10. The van der Waals surface area contributed by atoms with Gasteiger partial charge in [-0.1, -0.05) is 6.07 Å². The first-order chi connectivity index (χ1) is 9.41. The number of alkyl halides is 3. The van der Waals surface area contributed by atoms with Crippen molar-refractivity contribution in [3.05, 3.63) is 29.6 Å². The molecule has 20 heavy (non-hydrogen) atoms. The minimum atomic E-state index is -4.18. The minimum Gasteiger partial charge on any atom is -0.496 e. The second-order valence-electron chi connectivity index (χ2n) is 5.04. The lowest BCUT2D eigenvalue weighted by atomic mass is 9.97. The molecule has 112 valence electrons. The van der Waals surface area contributed by atoms with Crippen LogP contribution in [-0.2, 0) is 6.54 Å². The van der Waals surface area contributed by atoms with E-state index in [2.05, 4.69) is 0 Å². The van der Waals surface area contributed by atoms with Crippen LogP contribution in [0.15, 0.2) is 18.2 Å². The van der Waals surface area contributed by atoms with Crippen molar-refractivity contribution in [3.63, 3.8) is 0 Å². The third kappa shape index (κ3) is 3.42. The highest BCUT2D eigenvalue weighted by Crippen LogP contribution is 2.34. The fraction of sp³-hybridized carbons (Fsp3) is 0.571. The van der Waals surface area contributed by atoms with Crippen molar-refractivity contribution in [2.45, 2.75) is 25.6 Å². The molecule has 1 aromatic carbocycles. The zero-order valence-corrected chi connectivity index (χ0v) is 11.2. The molecular formula is C14H17F4NO. The van der Waals surface area contributed by atoms with Gasteiger partial charge >= 0.3 is 6.18 Å². The summed E-state index contributed by atoms with van der Waals surface area (Å²) in [6.45, 7) is 0.605. The molecule has 0 spiro atoms. The van der Waals surface area contributed by atoms with Gasteiger partial charge in [0.2, 0.25) is 0 Å². The maximum absolute atomic E-state index is 13.8. The highest BCUT2D eigenvalue weighted by molar-refractivity contribution is 5.34. The monoisotopic (exact) mass is 291 g/mol. The second-order valence-corrected chi connectivity index (χ2v) is 5.04. The molecule has 1 heterocycles. The first-order valence-electron chi connectivity index (χ1n) is 6.52. The molecule has 1 aliphatic heterocycles. The molecule has 0 N–H and O–H groups in total. The number of rotatable bonds is 3. The van der Waals surface area contributed by atoms with Crippen LogP contribution in [0.3, 0.4) is 0 Å². The largest absolute Gasteiger partial charge is 0.496 e. The summed E-state index contributed by atoms with van der Waals surface area (Å²) < 4.78 is 57.1. The number of nitrogens with zero attached hydrogens (tertiary/aromatic N) is 1. The van der Waals surface area contributed by atoms with Crippen LogP contribution in [0.25, 0.3) is 0 Å². The summed E-state index contributed by atoms with van der Waals surface area (Å²) in [7, 11) is 1.42. The molecule has 2 rings (SSSR count). The van der Waals surface area contributed by atoms with Crippen molar-refractivity contribution in [1.29, 1.82) is 0 Å². The average Bonchev–Trinajstić information content (AvgIpc) is 2.40. The van der Waals surface area contributed by atoms with Gasteiger partial charge in [-0.05, 0) is 31.5 Å². The molecule has 0 amide bonds. The van der Waals surface area contributed by atoms with Gasteiger partial charge in [-0.3, -0.25) is 4.90 Å². The van der Waals surface area contributed by atoms with E-state index in [-0.39, 0.29) is 19.5 Å². The average molecular weight is 291 g/mol. The quantitative estimate of drug-likeness (QED) is 0.789. The van der Waals surface area contributed by atoms with Crippen LogP contribution in [0.4, 0.5) is 17.6 Å². The number of hydrogen-bond acceptors (Lipinski definition) is 2. The Kier molecular flexibility index (Phi) is 4.52. The maximum atomic E-state index is 13.8. The van der Waals surface area contributed by atoms with Crippen molar-refractivity contribution in [2.75, 3.05) is 20.2 Å². The van der Waals surface area contributed by atoms with E-state index < -0.39 is 17.9 Å². The van der Waals surface area contributed by atoms with Crippen molar-refractivity contribution in [3.8, 4) is 5.75 Å². The van der Waals surface area contributed by atoms with Crippen LogP contribution in [0.5, 0.6) is 5.75 Å². The third-order valence-corrected chi connectivity index (χ3v) is 3.65.